The van der Waals surface area contributed by atoms with Gasteiger partial charge < -0.3 is 15.0 Å². The number of nitrogens with one attached hydrogen (secondary N) is 2. The van der Waals surface area contributed by atoms with Gasteiger partial charge in [-0.25, -0.2) is 9.97 Å². The highest BCUT2D eigenvalue weighted by molar-refractivity contribution is 5.51. The van der Waals surface area contributed by atoms with Crippen molar-refractivity contribution in [3.8, 4) is 5.88 Å². The van der Waals surface area contributed by atoms with E-state index in [0.717, 1.165) is 11.4 Å². The van der Waals surface area contributed by atoms with Crippen molar-refractivity contribution in [2.45, 2.75) is 6.54 Å². The van der Waals surface area contributed by atoms with Crippen molar-refractivity contribution in [3.63, 3.8) is 0 Å². The lowest BCUT2D eigenvalue weighted by atomic mass is 10.4. The minimum Gasteiger partial charge on any atom is -0.480 e. The molecule has 15 heavy (non-hydrogen) atoms. The summed E-state index contributed by atoms with van der Waals surface area (Å²) in [5.41, 5.74) is 1.88. The van der Waals surface area contributed by atoms with Crippen LogP contribution in [0.4, 0.5) is 5.69 Å². The molecule has 0 aliphatic rings. The molecule has 0 amide bonds. The zero-order chi connectivity index (χ0) is 10.5. The SMILES string of the molecule is COc1ncccc1NCc1cnc[nH]1. The summed E-state index contributed by atoms with van der Waals surface area (Å²) >= 11 is 0. The van der Waals surface area contributed by atoms with Crippen LogP contribution in [0.2, 0.25) is 0 Å². The van der Waals surface area contributed by atoms with E-state index >= 15 is 0 Å². The number of aromatic nitrogens is 3. The topological polar surface area (TPSA) is 62.8 Å². The molecule has 2 rings (SSSR count). The molecule has 2 N–H and O–H groups in total. The van der Waals surface area contributed by atoms with Crippen molar-refractivity contribution in [2.75, 3.05) is 12.4 Å². The molecule has 2 aromatic heterocycles. The summed E-state index contributed by atoms with van der Waals surface area (Å²) in [5.74, 6) is 0.594. The first-order valence-corrected chi connectivity index (χ1v) is 4.60. The van der Waals surface area contributed by atoms with Gasteiger partial charge in [0, 0.05) is 12.4 Å². The second-order valence-corrected chi connectivity index (χ2v) is 2.99. The van der Waals surface area contributed by atoms with Gasteiger partial charge in [-0.3, -0.25) is 0 Å². The Hall–Kier alpha value is -2.04. The summed E-state index contributed by atoms with van der Waals surface area (Å²) in [6.07, 6.45) is 5.12. The normalized spacial score (nSPS) is 9.93. The first-order chi connectivity index (χ1) is 7.40. The Morgan fingerprint density at radius 2 is 2.47 bits per heavy atom. The Labute approximate surface area is 87.5 Å². The van der Waals surface area contributed by atoms with E-state index in [1.165, 1.54) is 0 Å². The number of hydrogen-bond donors (Lipinski definition) is 2. The zero-order valence-corrected chi connectivity index (χ0v) is 8.40. The van der Waals surface area contributed by atoms with Gasteiger partial charge in [-0.15, -0.1) is 0 Å². The van der Waals surface area contributed by atoms with Crippen LogP contribution in [-0.4, -0.2) is 22.1 Å². The summed E-state index contributed by atoms with van der Waals surface area (Å²) < 4.78 is 5.12. The van der Waals surface area contributed by atoms with Crippen molar-refractivity contribution < 1.29 is 4.74 Å². The van der Waals surface area contributed by atoms with Gasteiger partial charge in [0.15, 0.2) is 0 Å². The largest absolute Gasteiger partial charge is 0.480 e. The third-order valence-electron chi connectivity index (χ3n) is 1.99. The Balaban J connectivity index is 2.04. The molecule has 0 atom stereocenters. The summed E-state index contributed by atoms with van der Waals surface area (Å²) in [4.78, 5) is 11.0. The minimum atomic E-state index is 0.594. The lowest BCUT2D eigenvalue weighted by Gasteiger charge is -2.08. The van der Waals surface area contributed by atoms with Crippen LogP contribution in [0.1, 0.15) is 5.69 Å². The van der Waals surface area contributed by atoms with Crippen LogP contribution < -0.4 is 10.1 Å². The van der Waals surface area contributed by atoms with Crippen molar-refractivity contribution in [2.24, 2.45) is 0 Å². The Bertz CT molecular complexity index is 413. The Morgan fingerprint density at radius 1 is 1.53 bits per heavy atom. The Kier molecular flexibility index (Phi) is 2.82. The third kappa shape index (κ3) is 2.25. The molecule has 78 valence electrons. The van der Waals surface area contributed by atoms with Gasteiger partial charge in [0.05, 0.1) is 31.4 Å². The van der Waals surface area contributed by atoms with Gasteiger partial charge in [-0.05, 0) is 12.1 Å². The van der Waals surface area contributed by atoms with Crippen molar-refractivity contribution in [1.82, 2.24) is 15.0 Å². The minimum absolute atomic E-state index is 0.594. The molecule has 0 saturated heterocycles. The molecule has 0 spiro atoms. The van der Waals surface area contributed by atoms with Crippen LogP contribution in [0.3, 0.4) is 0 Å². The second-order valence-electron chi connectivity index (χ2n) is 2.99. The van der Waals surface area contributed by atoms with Crippen molar-refractivity contribution in [3.05, 3.63) is 36.5 Å². The standard InChI is InChI=1S/C10H12N4O/c1-15-10-9(3-2-4-12-10)13-6-8-5-11-7-14-8/h2-5,7,13H,6H2,1H3,(H,11,14). The van der Waals surface area contributed by atoms with Gasteiger partial charge in [0.2, 0.25) is 5.88 Å². The van der Waals surface area contributed by atoms with Crippen LogP contribution in [0, 0.1) is 0 Å². The molecule has 0 bridgehead atoms. The fraction of sp³-hybridized carbons (Fsp3) is 0.200. The first-order valence-electron chi connectivity index (χ1n) is 4.60. The number of H-pyrrole nitrogens is 1. The maximum atomic E-state index is 5.12. The van der Waals surface area contributed by atoms with E-state index < -0.39 is 0 Å². The number of imidazole rings is 1. The molecule has 5 heteroatoms. The van der Waals surface area contributed by atoms with Crippen molar-refractivity contribution in [1.29, 1.82) is 0 Å². The predicted molar refractivity (Wildman–Crippen MR) is 56.7 cm³/mol. The monoisotopic (exact) mass is 204 g/mol. The smallest absolute Gasteiger partial charge is 0.237 e. The summed E-state index contributed by atoms with van der Waals surface area (Å²) in [5, 5.41) is 3.21. The van der Waals surface area contributed by atoms with E-state index in [1.54, 1.807) is 25.8 Å². The first kappa shape index (κ1) is 9.51. The molecule has 5 nitrogen and oxygen atoms in total. The average molecular weight is 204 g/mol. The van der Waals surface area contributed by atoms with Crippen LogP contribution in [-0.2, 0) is 6.54 Å². The molecule has 0 aliphatic carbocycles. The highest BCUT2D eigenvalue weighted by Crippen LogP contribution is 2.19. The fourth-order valence-corrected chi connectivity index (χ4v) is 1.26. The molecule has 2 heterocycles. The quantitative estimate of drug-likeness (QED) is 0.790. The number of anilines is 1. The highest BCUT2D eigenvalue weighted by Gasteiger charge is 2.02. The molecule has 0 aliphatic heterocycles. The fourth-order valence-electron chi connectivity index (χ4n) is 1.26. The van der Waals surface area contributed by atoms with Crippen LogP contribution in [0.25, 0.3) is 0 Å². The third-order valence-corrected chi connectivity index (χ3v) is 1.99. The highest BCUT2D eigenvalue weighted by atomic mass is 16.5. The van der Waals surface area contributed by atoms with Crippen LogP contribution >= 0.6 is 0 Å². The molecular formula is C10H12N4O. The van der Waals surface area contributed by atoms with E-state index in [4.69, 9.17) is 4.74 Å². The second kappa shape index (κ2) is 4.45. The van der Waals surface area contributed by atoms with Crippen molar-refractivity contribution >= 4 is 5.69 Å². The maximum absolute atomic E-state index is 5.12. The lowest BCUT2D eigenvalue weighted by molar-refractivity contribution is 0.399. The van der Waals surface area contributed by atoms with Gasteiger partial charge in [0.25, 0.3) is 0 Å². The number of hydrogen-bond acceptors (Lipinski definition) is 4. The maximum Gasteiger partial charge on any atom is 0.237 e. The number of methoxy groups -OCH3 is 1. The molecule has 0 aromatic carbocycles. The van der Waals surface area contributed by atoms with Crippen LogP contribution in [0.15, 0.2) is 30.9 Å². The lowest BCUT2D eigenvalue weighted by Crippen LogP contribution is -2.02. The van der Waals surface area contributed by atoms with Gasteiger partial charge in [0.1, 0.15) is 0 Å². The number of rotatable bonds is 4. The van der Waals surface area contributed by atoms with E-state index in [2.05, 4.69) is 20.3 Å². The number of ether oxygens (including phenoxy) is 1. The number of pyridine rings is 1. The van der Waals surface area contributed by atoms with Gasteiger partial charge in [-0.1, -0.05) is 0 Å². The summed E-state index contributed by atoms with van der Waals surface area (Å²) in [6.45, 7) is 0.669. The van der Waals surface area contributed by atoms with E-state index in [1.807, 2.05) is 12.1 Å². The average Bonchev–Trinajstić information content (AvgIpc) is 2.79. The van der Waals surface area contributed by atoms with Gasteiger partial charge in [-0.2, -0.15) is 0 Å². The summed E-state index contributed by atoms with van der Waals surface area (Å²) in [7, 11) is 1.60. The summed E-state index contributed by atoms with van der Waals surface area (Å²) in [6, 6.07) is 3.78. The van der Waals surface area contributed by atoms with Gasteiger partial charge >= 0.3 is 0 Å². The molecule has 2 aromatic rings. The Morgan fingerprint density at radius 3 is 3.20 bits per heavy atom. The van der Waals surface area contributed by atoms with E-state index in [-0.39, 0.29) is 0 Å². The molecule has 0 saturated carbocycles. The molecular weight excluding hydrogens is 192 g/mol. The van der Waals surface area contributed by atoms with Crippen LogP contribution in [0.5, 0.6) is 5.88 Å². The predicted octanol–water partition coefficient (Wildman–Crippen LogP) is 1.43. The molecule has 0 unspecified atom stereocenters. The zero-order valence-electron chi connectivity index (χ0n) is 8.40. The number of aromatic amines is 1. The van der Waals surface area contributed by atoms with E-state index in [9.17, 15) is 0 Å². The number of nitrogens with zero attached hydrogens (tertiary/aromatic N) is 2. The molecule has 0 fully saturated rings. The molecule has 0 radical (unpaired) electrons. The van der Waals surface area contributed by atoms with E-state index in [0.29, 0.717) is 12.4 Å².